The standard InChI is InChI=1S/C18H19NO2S/c1-12(2)6-13-4-3-5-14(7-13)15-8-17-19(10-15)16(11-22-17)9-18(20)21/h3-5,7-8,10-12H,6,9H2,1-2H3,(H,20,21). The molecule has 0 fully saturated rings. The maximum absolute atomic E-state index is 10.9. The lowest BCUT2D eigenvalue weighted by Gasteiger charge is -2.06. The summed E-state index contributed by atoms with van der Waals surface area (Å²) in [6.07, 6.45) is 3.17. The number of fused-ring (bicyclic) bond motifs is 1. The zero-order chi connectivity index (χ0) is 15.7. The molecule has 0 aliphatic heterocycles. The van der Waals surface area contributed by atoms with Crippen LogP contribution in [0.1, 0.15) is 25.1 Å². The number of carboxylic acid groups (broad SMARTS) is 1. The van der Waals surface area contributed by atoms with Gasteiger partial charge in [0.1, 0.15) is 0 Å². The monoisotopic (exact) mass is 313 g/mol. The van der Waals surface area contributed by atoms with Gasteiger partial charge in [0.2, 0.25) is 0 Å². The summed E-state index contributed by atoms with van der Waals surface area (Å²) in [6, 6.07) is 10.7. The maximum atomic E-state index is 10.9. The van der Waals surface area contributed by atoms with E-state index in [-0.39, 0.29) is 6.42 Å². The fourth-order valence-corrected chi connectivity index (χ4v) is 3.66. The third-order valence-corrected chi connectivity index (χ3v) is 4.59. The molecule has 0 bridgehead atoms. The summed E-state index contributed by atoms with van der Waals surface area (Å²) in [5.74, 6) is -0.163. The molecule has 114 valence electrons. The highest BCUT2D eigenvalue weighted by atomic mass is 32.1. The molecule has 0 aliphatic carbocycles. The third kappa shape index (κ3) is 3.07. The summed E-state index contributed by atoms with van der Waals surface area (Å²) in [4.78, 5) is 12.0. The first-order valence-corrected chi connectivity index (χ1v) is 8.30. The van der Waals surface area contributed by atoms with Crippen LogP contribution in [0.5, 0.6) is 0 Å². The lowest BCUT2D eigenvalue weighted by molar-refractivity contribution is -0.136. The van der Waals surface area contributed by atoms with Crippen LogP contribution in [-0.4, -0.2) is 15.5 Å². The highest BCUT2D eigenvalue weighted by Crippen LogP contribution is 2.28. The van der Waals surface area contributed by atoms with Crippen molar-refractivity contribution in [3.05, 3.63) is 53.2 Å². The van der Waals surface area contributed by atoms with Gasteiger partial charge in [-0.05, 0) is 29.5 Å². The lowest BCUT2D eigenvalue weighted by Crippen LogP contribution is -2.02. The van der Waals surface area contributed by atoms with Gasteiger partial charge in [-0.25, -0.2) is 0 Å². The van der Waals surface area contributed by atoms with Gasteiger partial charge >= 0.3 is 5.97 Å². The molecule has 4 heteroatoms. The number of carboxylic acids is 1. The first-order valence-electron chi connectivity index (χ1n) is 7.42. The number of hydrogen-bond donors (Lipinski definition) is 1. The molecule has 22 heavy (non-hydrogen) atoms. The zero-order valence-electron chi connectivity index (χ0n) is 12.7. The van der Waals surface area contributed by atoms with Crippen molar-refractivity contribution in [3.63, 3.8) is 0 Å². The second-order valence-corrected chi connectivity index (χ2v) is 6.92. The molecular weight excluding hydrogens is 294 g/mol. The van der Waals surface area contributed by atoms with Crippen molar-refractivity contribution >= 4 is 22.1 Å². The highest BCUT2D eigenvalue weighted by Gasteiger charge is 2.11. The molecule has 0 saturated heterocycles. The summed E-state index contributed by atoms with van der Waals surface area (Å²) in [5, 5.41) is 10.9. The number of carbonyl (C=O) groups is 1. The third-order valence-electron chi connectivity index (χ3n) is 3.65. The molecule has 0 unspecified atom stereocenters. The van der Waals surface area contributed by atoms with Gasteiger partial charge in [-0.1, -0.05) is 38.1 Å². The largest absolute Gasteiger partial charge is 0.481 e. The van der Waals surface area contributed by atoms with Gasteiger partial charge in [0, 0.05) is 22.8 Å². The predicted octanol–water partition coefficient (Wildman–Crippen LogP) is 4.49. The Kier molecular flexibility index (Phi) is 4.03. The normalized spacial score (nSPS) is 11.4. The van der Waals surface area contributed by atoms with E-state index in [2.05, 4.69) is 44.2 Å². The average molecular weight is 313 g/mol. The summed E-state index contributed by atoms with van der Waals surface area (Å²) in [5.41, 5.74) is 4.50. The van der Waals surface area contributed by atoms with Gasteiger partial charge in [-0.2, -0.15) is 0 Å². The van der Waals surface area contributed by atoms with E-state index in [1.54, 1.807) is 11.3 Å². The number of rotatable bonds is 5. The van der Waals surface area contributed by atoms with E-state index in [0.29, 0.717) is 5.92 Å². The van der Waals surface area contributed by atoms with Crippen LogP contribution in [0.15, 0.2) is 41.9 Å². The molecule has 3 aromatic rings. The average Bonchev–Trinajstić information content (AvgIpc) is 3.00. The highest BCUT2D eigenvalue weighted by molar-refractivity contribution is 7.15. The summed E-state index contributed by atoms with van der Waals surface area (Å²) in [7, 11) is 0. The Morgan fingerprint density at radius 1 is 1.27 bits per heavy atom. The molecular formula is C18H19NO2S. The lowest BCUT2D eigenvalue weighted by atomic mass is 9.99. The Morgan fingerprint density at radius 3 is 2.82 bits per heavy atom. The van der Waals surface area contributed by atoms with E-state index in [1.807, 2.05) is 16.0 Å². The Hall–Kier alpha value is -2.07. The zero-order valence-corrected chi connectivity index (χ0v) is 13.6. The van der Waals surface area contributed by atoms with Crippen molar-refractivity contribution in [1.82, 2.24) is 4.40 Å². The van der Waals surface area contributed by atoms with E-state index < -0.39 is 5.97 Å². The van der Waals surface area contributed by atoms with Crippen molar-refractivity contribution in [2.75, 3.05) is 0 Å². The molecule has 1 N–H and O–H groups in total. The topological polar surface area (TPSA) is 41.7 Å². The molecule has 3 nitrogen and oxygen atoms in total. The van der Waals surface area contributed by atoms with Gasteiger partial charge in [0.05, 0.1) is 11.3 Å². The number of thiazole rings is 1. The number of aromatic nitrogens is 1. The fraction of sp³-hybridized carbons (Fsp3) is 0.278. The number of hydrogen-bond acceptors (Lipinski definition) is 2. The maximum Gasteiger partial charge on any atom is 0.309 e. The minimum atomic E-state index is -0.797. The Morgan fingerprint density at radius 2 is 2.09 bits per heavy atom. The molecule has 1 aromatic carbocycles. The van der Waals surface area contributed by atoms with Crippen molar-refractivity contribution < 1.29 is 9.90 Å². The first kappa shape index (κ1) is 14.9. The first-order chi connectivity index (χ1) is 10.5. The van der Waals surface area contributed by atoms with Crippen LogP contribution in [0.25, 0.3) is 16.0 Å². The SMILES string of the molecule is CC(C)Cc1cccc(-c2cc3scc(CC(=O)O)n3c2)c1. The molecule has 0 saturated carbocycles. The van der Waals surface area contributed by atoms with Crippen molar-refractivity contribution in [1.29, 1.82) is 0 Å². The fourth-order valence-electron chi connectivity index (χ4n) is 2.73. The van der Waals surface area contributed by atoms with E-state index in [0.717, 1.165) is 22.5 Å². The summed E-state index contributed by atoms with van der Waals surface area (Å²) < 4.78 is 1.99. The van der Waals surface area contributed by atoms with Crippen molar-refractivity contribution in [3.8, 4) is 11.1 Å². The van der Waals surface area contributed by atoms with Crippen LogP contribution < -0.4 is 0 Å². The second-order valence-electron chi connectivity index (χ2n) is 6.03. The van der Waals surface area contributed by atoms with Crippen LogP contribution >= 0.6 is 11.3 Å². The smallest absolute Gasteiger partial charge is 0.309 e. The minimum absolute atomic E-state index is 0.0571. The molecule has 3 rings (SSSR count). The van der Waals surface area contributed by atoms with E-state index in [4.69, 9.17) is 5.11 Å². The minimum Gasteiger partial charge on any atom is -0.481 e. The van der Waals surface area contributed by atoms with E-state index >= 15 is 0 Å². The number of benzene rings is 1. The van der Waals surface area contributed by atoms with Crippen molar-refractivity contribution in [2.24, 2.45) is 5.92 Å². The Balaban J connectivity index is 1.96. The van der Waals surface area contributed by atoms with Gasteiger partial charge in [-0.15, -0.1) is 11.3 Å². The number of aliphatic carboxylic acids is 1. The Labute approximate surface area is 133 Å². The molecule has 0 spiro atoms. The van der Waals surface area contributed by atoms with Crippen LogP contribution in [0.4, 0.5) is 0 Å². The molecule has 2 aromatic heterocycles. The summed E-state index contributed by atoms with van der Waals surface area (Å²) >= 11 is 1.59. The van der Waals surface area contributed by atoms with Gasteiger partial charge in [-0.3, -0.25) is 4.79 Å². The molecule has 0 radical (unpaired) electrons. The second kappa shape index (κ2) is 5.97. The quantitative estimate of drug-likeness (QED) is 0.754. The number of nitrogens with zero attached hydrogens (tertiary/aromatic N) is 1. The Bertz CT molecular complexity index is 813. The molecule has 0 aliphatic rings. The van der Waals surface area contributed by atoms with E-state index in [1.165, 1.54) is 11.1 Å². The molecule has 2 heterocycles. The van der Waals surface area contributed by atoms with Gasteiger partial charge < -0.3 is 9.51 Å². The molecule has 0 atom stereocenters. The molecule has 0 amide bonds. The van der Waals surface area contributed by atoms with Crippen LogP contribution in [0, 0.1) is 5.92 Å². The van der Waals surface area contributed by atoms with Gasteiger partial charge in [0.25, 0.3) is 0 Å². The summed E-state index contributed by atoms with van der Waals surface area (Å²) in [6.45, 7) is 4.44. The van der Waals surface area contributed by atoms with Crippen LogP contribution in [0.2, 0.25) is 0 Å². The van der Waals surface area contributed by atoms with Crippen LogP contribution in [-0.2, 0) is 17.6 Å². The van der Waals surface area contributed by atoms with Crippen molar-refractivity contribution in [2.45, 2.75) is 26.7 Å². The van der Waals surface area contributed by atoms with E-state index in [9.17, 15) is 4.79 Å². The van der Waals surface area contributed by atoms with Crippen LogP contribution in [0.3, 0.4) is 0 Å². The van der Waals surface area contributed by atoms with Gasteiger partial charge in [0.15, 0.2) is 0 Å². The predicted molar refractivity (Wildman–Crippen MR) is 90.6 cm³/mol.